The van der Waals surface area contributed by atoms with Crippen LogP contribution in [0.1, 0.15) is 5.56 Å². The Bertz CT molecular complexity index is 656. The second-order valence-corrected chi connectivity index (χ2v) is 6.15. The number of hydrogen-bond acceptors (Lipinski definition) is 5. The van der Waals surface area contributed by atoms with Crippen molar-refractivity contribution in [2.45, 2.75) is 6.54 Å². The molecule has 0 atom stereocenters. The molecule has 0 aliphatic carbocycles. The highest BCUT2D eigenvalue weighted by Gasteiger charge is 2.20. The van der Waals surface area contributed by atoms with E-state index in [1.165, 1.54) is 0 Å². The van der Waals surface area contributed by atoms with Crippen molar-refractivity contribution in [3.8, 4) is 0 Å². The van der Waals surface area contributed by atoms with Crippen molar-refractivity contribution in [1.29, 1.82) is 0 Å². The van der Waals surface area contributed by atoms with Crippen molar-refractivity contribution in [1.82, 2.24) is 20.2 Å². The average Bonchev–Trinajstić information content (AvgIpc) is 2.63. The van der Waals surface area contributed by atoms with Gasteiger partial charge in [-0.25, -0.2) is 9.97 Å². The topological polar surface area (TPSA) is 61.4 Å². The lowest BCUT2D eigenvalue weighted by molar-refractivity contribution is -0.122. The molecule has 24 heavy (non-hydrogen) atoms. The van der Waals surface area contributed by atoms with Gasteiger partial charge >= 0.3 is 0 Å². The smallest absolute Gasteiger partial charge is 0.234 e. The number of carbonyl (C=O) groups excluding carboxylic acids is 1. The minimum absolute atomic E-state index is 0.0364. The zero-order valence-corrected chi connectivity index (χ0v) is 14.1. The normalized spacial score (nSPS) is 15.3. The van der Waals surface area contributed by atoms with Crippen molar-refractivity contribution in [3.05, 3.63) is 53.3 Å². The van der Waals surface area contributed by atoms with Gasteiger partial charge in [0.2, 0.25) is 11.9 Å². The molecule has 0 radical (unpaired) electrons. The molecule has 7 heteroatoms. The summed E-state index contributed by atoms with van der Waals surface area (Å²) in [6, 6.07) is 9.30. The van der Waals surface area contributed by atoms with Crippen molar-refractivity contribution in [3.63, 3.8) is 0 Å². The Kier molecular flexibility index (Phi) is 5.61. The molecule has 1 aromatic heterocycles. The Labute approximate surface area is 146 Å². The van der Waals surface area contributed by atoms with Crippen molar-refractivity contribution in [2.24, 2.45) is 0 Å². The molecule has 0 saturated carbocycles. The summed E-state index contributed by atoms with van der Waals surface area (Å²) in [5.74, 6) is 0.790. The molecule has 0 bridgehead atoms. The zero-order chi connectivity index (χ0) is 16.8. The van der Waals surface area contributed by atoms with E-state index in [1.54, 1.807) is 12.4 Å². The van der Waals surface area contributed by atoms with Gasteiger partial charge < -0.3 is 10.2 Å². The molecular weight excluding hydrogens is 326 g/mol. The van der Waals surface area contributed by atoms with E-state index in [-0.39, 0.29) is 5.91 Å². The monoisotopic (exact) mass is 345 g/mol. The number of nitrogens with zero attached hydrogens (tertiary/aromatic N) is 4. The van der Waals surface area contributed by atoms with Crippen LogP contribution in [0.15, 0.2) is 42.7 Å². The second kappa shape index (κ2) is 8.08. The SMILES string of the molecule is O=C(CN1CCN(c2ncccn2)CC1)NCc1ccc(Cl)cc1. The number of anilines is 1. The largest absolute Gasteiger partial charge is 0.351 e. The fourth-order valence-electron chi connectivity index (χ4n) is 2.62. The molecule has 1 N–H and O–H groups in total. The van der Waals surface area contributed by atoms with Crippen LogP contribution in [0.4, 0.5) is 5.95 Å². The second-order valence-electron chi connectivity index (χ2n) is 5.72. The van der Waals surface area contributed by atoms with Gasteiger partial charge in [0.15, 0.2) is 0 Å². The van der Waals surface area contributed by atoms with Gasteiger partial charge in [0.1, 0.15) is 0 Å². The number of hydrogen-bond donors (Lipinski definition) is 1. The van der Waals surface area contributed by atoms with Gasteiger partial charge in [0, 0.05) is 50.1 Å². The van der Waals surface area contributed by atoms with Crippen LogP contribution in [0, 0.1) is 0 Å². The van der Waals surface area contributed by atoms with E-state index in [2.05, 4.69) is 25.1 Å². The first-order chi connectivity index (χ1) is 11.7. The summed E-state index contributed by atoms with van der Waals surface area (Å²) in [7, 11) is 0. The van der Waals surface area contributed by atoms with Crippen LogP contribution in [0.25, 0.3) is 0 Å². The number of carbonyl (C=O) groups is 1. The fraction of sp³-hybridized carbons (Fsp3) is 0.353. The van der Waals surface area contributed by atoms with Crippen molar-refractivity contribution >= 4 is 23.5 Å². The minimum atomic E-state index is 0.0364. The highest BCUT2D eigenvalue weighted by molar-refractivity contribution is 6.30. The molecule has 1 aliphatic heterocycles. The number of halogens is 1. The minimum Gasteiger partial charge on any atom is -0.351 e. The van der Waals surface area contributed by atoms with E-state index in [0.29, 0.717) is 18.1 Å². The van der Waals surface area contributed by atoms with Crippen LogP contribution < -0.4 is 10.2 Å². The molecule has 6 nitrogen and oxygen atoms in total. The quantitative estimate of drug-likeness (QED) is 0.891. The lowest BCUT2D eigenvalue weighted by Crippen LogP contribution is -2.49. The Morgan fingerprint density at radius 1 is 1.08 bits per heavy atom. The van der Waals surface area contributed by atoms with E-state index in [0.717, 1.165) is 37.7 Å². The Morgan fingerprint density at radius 2 is 1.75 bits per heavy atom. The van der Waals surface area contributed by atoms with Crippen LogP contribution in [0.5, 0.6) is 0 Å². The lowest BCUT2D eigenvalue weighted by atomic mass is 10.2. The van der Waals surface area contributed by atoms with Crippen LogP contribution in [0.3, 0.4) is 0 Å². The first-order valence-electron chi connectivity index (χ1n) is 7.96. The van der Waals surface area contributed by atoms with E-state index < -0.39 is 0 Å². The molecule has 1 amide bonds. The molecular formula is C17H20ClN5O. The average molecular weight is 346 g/mol. The number of nitrogens with one attached hydrogen (secondary N) is 1. The van der Waals surface area contributed by atoms with Crippen LogP contribution >= 0.6 is 11.6 Å². The molecule has 126 valence electrons. The van der Waals surface area contributed by atoms with Gasteiger partial charge in [-0.05, 0) is 23.8 Å². The zero-order valence-electron chi connectivity index (χ0n) is 13.4. The standard InChI is InChI=1S/C17H20ClN5O/c18-15-4-2-14(3-5-15)12-21-16(24)13-22-8-10-23(11-9-22)17-19-6-1-7-20-17/h1-7H,8-13H2,(H,21,24). The molecule has 0 unspecified atom stereocenters. The number of aromatic nitrogens is 2. The highest BCUT2D eigenvalue weighted by atomic mass is 35.5. The van der Waals surface area contributed by atoms with Gasteiger partial charge in [-0.2, -0.15) is 0 Å². The molecule has 1 aromatic carbocycles. The maximum atomic E-state index is 12.1. The molecule has 1 fully saturated rings. The summed E-state index contributed by atoms with van der Waals surface area (Å²) in [6.45, 7) is 4.24. The third-order valence-corrected chi connectivity index (χ3v) is 4.23. The van der Waals surface area contributed by atoms with Crippen molar-refractivity contribution in [2.75, 3.05) is 37.6 Å². The summed E-state index contributed by atoms with van der Waals surface area (Å²) in [5, 5.41) is 3.65. The van der Waals surface area contributed by atoms with Gasteiger partial charge in [0.25, 0.3) is 0 Å². The van der Waals surface area contributed by atoms with Gasteiger partial charge in [-0.15, -0.1) is 0 Å². The number of piperazine rings is 1. The van der Waals surface area contributed by atoms with Gasteiger partial charge in [0.05, 0.1) is 6.54 Å². The Balaban J connectivity index is 1.41. The maximum absolute atomic E-state index is 12.1. The molecule has 1 saturated heterocycles. The third-order valence-electron chi connectivity index (χ3n) is 3.98. The van der Waals surface area contributed by atoms with Crippen LogP contribution in [-0.2, 0) is 11.3 Å². The first-order valence-corrected chi connectivity index (χ1v) is 8.34. The van der Waals surface area contributed by atoms with E-state index in [1.807, 2.05) is 30.3 Å². The summed E-state index contributed by atoms with van der Waals surface area (Å²) in [4.78, 5) is 24.9. The fourth-order valence-corrected chi connectivity index (χ4v) is 2.75. The van der Waals surface area contributed by atoms with Gasteiger partial charge in [-0.1, -0.05) is 23.7 Å². The predicted octanol–water partition coefficient (Wildman–Crippen LogP) is 1.57. The van der Waals surface area contributed by atoms with Gasteiger partial charge in [-0.3, -0.25) is 9.69 Å². The van der Waals surface area contributed by atoms with E-state index >= 15 is 0 Å². The third kappa shape index (κ3) is 4.66. The Hall–Kier alpha value is -2.18. The van der Waals surface area contributed by atoms with Crippen LogP contribution in [0.2, 0.25) is 5.02 Å². The molecule has 0 spiro atoms. The first kappa shape index (κ1) is 16.7. The van der Waals surface area contributed by atoms with Crippen LogP contribution in [-0.4, -0.2) is 53.5 Å². The lowest BCUT2D eigenvalue weighted by Gasteiger charge is -2.34. The molecule has 2 aromatic rings. The summed E-state index contributed by atoms with van der Waals surface area (Å²) < 4.78 is 0. The predicted molar refractivity (Wildman–Crippen MR) is 94.0 cm³/mol. The summed E-state index contributed by atoms with van der Waals surface area (Å²) in [5.41, 5.74) is 1.04. The van der Waals surface area contributed by atoms with E-state index in [4.69, 9.17) is 11.6 Å². The van der Waals surface area contributed by atoms with E-state index in [9.17, 15) is 4.79 Å². The number of rotatable bonds is 5. The number of benzene rings is 1. The highest BCUT2D eigenvalue weighted by Crippen LogP contribution is 2.10. The summed E-state index contributed by atoms with van der Waals surface area (Å²) >= 11 is 5.85. The maximum Gasteiger partial charge on any atom is 0.234 e. The Morgan fingerprint density at radius 3 is 2.42 bits per heavy atom. The molecule has 1 aliphatic rings. The van der Waals surface area contributed by atoms with Crippen molar-refractivity contribution < 1.29 is 4.79 Å². The summed E-state index contributed by atoms with van der Waals surface area (Å²) in [6.07, 6.45) is 3.50. The molecule has 2 heterocycles. The number of amides is 1. The molecule has 3 rings (SSSR count).